The lowest BCUT2D eigenvalue weighted by molar-refractivity contribution is -0.274. The lowest BCUT2D eigenvalue weighted by Gasteiger charge is -2.09. The predicted molar refractivity (Wildman–Crippen MR) is 78.5 cm³/mol. The minimum atomic E-state index is -4.74. The third-order valence-corrected chi connectivity index (χ3v) is 3.12. The number of furan rings is 1. The van der Waals surface area contributed by atoms with Crippen LogP contribution in [-0.4, -0.2) is 17.4 Å². The van der Waals surface area contributed by atoms with E-state index in [4.69, 9.17) is 8.94 Å². The zero-order valence-electron chi connectivity index (χ0n) is 12.5. The van der Waals surface area contributed by atoms with E-state index < -0.39 is 12.3 Å². The fourth-order valence-corrected chi connectivity index (χ4v) is 2.00. The maximum absolute atomic E-state index is 12.1. The van der Waals surface area contributed by atoms with Crippen molar-refractivity contribution >= 4 is 5.91 Å². The summed E-state index contributed by atoms with van der Waals surface area (Å²) >= 11 is 0. The standard InChI is InChI=1S/C16H11F3N2O4/c17-16(18,19)24-11-5-3-10(4-6-11)9-20-15(22)12-8-14(25-21-12)13-2-1-7-23-13/h1-8H,9H2,(H,20,22). The van der Waals surface area contributed by atoms with E-state index in [9.17, 15) is 18.0 Å². The van der Waals surface area contributed by atoms with Gasteiger partial charge in [-0.3, -0.25) is 4.79 Å². The summed E-state index contributed by atoms with van der Waals surface area (Å²) in [5.74, 6) is -0.0741. The third kappa shape index (κ3) is 4.40. The Kier molecular flexibility index (Phi) is 4.46. The number of carbonyl (C=O) groups is 1. The molecule has 9 heteroatoms. The number of aromatic nitrogens is 1. The highest BCUT2D eigenvalue weighted by Crippen LogP contribution is 2.23. The normalized spacial score (nSPS) is 11.3. The van der Waals surface area contributed by atoms with Gasteiger partial charge in [-0.15, -0.1) is 13.2 Å². The molecule has 0 saturated carbocycles. The van der Waals surface area contributed by atoms with E-state index >= 15 is 0 Å². The molecule has 1 amide bonds. The molecule has 1 N–H and O–H groups in total. The first-order valence-corrected chi connectivity index (χ1v) is 7.04. The smallest absolute Gasteiger partial charge is 0.461 e. The van der Waals surface area contributed by atoms with Crippen LogP contribution in [0.4, 0.5) is 13.2 Å². The van der Waals surface area contributed by atoms with Crippen molar-refractivity contribution in [3.05, 3.63) is 60.0 Å². The van der Waals surface area contributed by atoms with Crippen LogP contribution in [0, 0.1) is 0 Å². The first-order chi connectivity index (χ1) is 11.9. The van der Waals surface area contributed by atoms with Crippen LogP contribution in [0.5, 0.6) is 5.75 Å². The van der Waals surface area contributed by atoms with Crippen molar-refractivity contribution in [1.29, 1.82) is 0 Å². The van der Waals surface area contributed by atoms with Gasteiger partial charge in [-0.1, -0.05) is 17.3 Å². The average molecular weight is 352 g/mol. The Morgan fingerprint density at radius 2 is 1.92 bits per heavy atom. The van der Waals surface area contributed by atoms with Gasteiger partial charge in [-0.2, -0.15) is 0 Å². The van der Waals surface area contributed by atoms with Crippen molar-refractivity contribution in [1.82, 2.24) is 10.5 Å². The van der Waals surface area contributed by atoms with Crippen LogP contribution >= 0.6 is 0 Å². The zero-order valence-corrected chi connectivity index (χ0v) is 12.5. The second kappa shape index (κ2) is 6.71. The third-order valence-electron chi connectivity index (χ3n) is 3.12. The number of carbonyl (C=O) groups excluding carboxylic acids is 1. The van der Waals surface area contributed by atoms with Crippen LogP contribution in [0.15, 0.2) is 57.7 Å². The van der Waals surface area contributed by atoms with Gasteiger partial charge in [0.25, 0.3) is 5.91 Å². The Balaban J connectivity index is 1.57. The Morgan fingerprint density at radius 1 is 1.16 bits per heavy atom. The average Bonchev–Trinajstić information content (AvgIpc) is 3.23. The zero-order chi connectivity index (χ0) is 17.9. The van der Waals surface area contributed by atoms with E-state index in [1.807, 2.05) is 0 Å². The number of ether oxygens (including phenoxy) is 1. The molecule has 0 spiro atoms. The van der Waals surface area contributed by atoms with Crippen molar-refractivity contribution in [2.24, 2.45) is 0 Å². The molecule has 3 aromatic rings. The Bertz CT molecular complexity index is 839. The molecule has 0 aliphatic heterocycles. The van der Waals surface area contributed by atoms with Crippen LogP contribution in [0.3, 0.4) is 0 Å². The van der Waals surface area contributed by atoms with Crippen LogP contribution in [0.25, 0.3) is 11.5 Å². The van der Waals surface area contributed by atoms with Gasteiger partial charge in [0.15, 0.2) is 11.5 Å². The van der Waals surface area contributed by atoms with Crippen molar-refractivity contribution < 1.29 is 31.6 Å². The molecule has 0 radical (unpaired) electrons. The molecule has 25 heavy (non-hydrogen) atoms. The highest BCUT2D eigenvalue weighted by atomic mass is 19.4. The lowest BCUT2D eigenvalue weighted by Crippen LogP contribution is -2.23. The van der Waals surface area contributed by atoms with Gasteiger partial charge in [0.2, 0.25) is 5.76 Å². The molecule has 0 fully saturated rings. The largest absolute Gasteiger partial charge is 0.573 e. The summed E-state index contributed by atoms with van der Waals surface area (Å²) in [4.78, 5) is 12.0. The minimum Gasteiger partial charge on any atom is -0.461 e. The van der Waals surface area contributed by atoms with Gasteiger partial charge in [-0.25, -0.2) is 0 Å². The van der Waals surface area contributed by atoms with Crippen LogP contribution < -0.4 is 10.1 Å². The number of nitrogens with one attached hydrogen (secondary N) is 1. The highest BCUT2D eigenvalue weighted by molar-refractivity contribution is 5.92. The van der Waals surface area contributed by atoms with Crippen LogP contribution in [0.2, 0.25) is 0 Å². The topological polar surface area (TPSA) is 77.5 Å². The van der Waals surface area contributed by atoms with E-state index in [-0.39, 0.29) is 18.0 Å². The first-order valence-electron chi connectivity index (χ1n) is 7.04. The fraction of sp³-hybridized carbons (Fsp3) is 0.125. The predicted octanol–water partition coefficient (Wildman–Crippen LogP) is 3.76. The van der Waals surface area contributed by atoms with Crippen molar-refractivity contribution in [3.8, 4) is 17.3 Å². The molecule has 0 atom stereocenters. The second-order valence-electron chi connectivity index (χ2n) is 4.93. The summed E-state index contributed by atoms with van der Waals surface area (Å²) in [5.41, 5.74) is 0.654. The highest BCUT2D eigenvalue weighted by Gasteiger charge is 2.30. The lowest BCUT2D eigenvalue weighted by atomic mass is 10.2. The number of hydrogen-bond donors (Lipinski definition) is 1. The molecule has 130 valence electrons. The van der Waals surface area contributed by atoms with E-state index in [2.05, 4.69) is 15.2 Å². The number of halogens is 3. The monoisotopic (exact) mass is 352 g/mol. The molecule has 6 nitrogen and oxygen atoms in total. The van der Waals surface area contributed by atoms with Gasteiger partial charge in [0.1, 0.15) is 5.75 Å². The summed E-state index contributed by atoms with van der Waals surface area (Å²) < 4.78 is 50.2. The molecule has 1 aromatic carbocycles. The van der Waals surface area contributed by atoms with Gasteiger partial charge in [-0.05, 0) is 29.8 Å². The maximum atomic E-state index is 12.1. The minimum absolute atomic E-state index is 0.0587. The van der Waals surface area contributed by atoms with Crippen molar-refractivity contribution in [3.63, 3.8) is 0 Å². The maximum Gasteiger partial charge on any atom is 0.573 e. The molecule has 0 saturated heterocycles. The number of nitrogens with zero attached hydrogens (tertiary/aromatic N) is 1. The molecule has 0 bridgehead atoms. The van der Waals surface area contributed by atoms with Gasteiger partial charge in [0.05, 0.1) is 6.26 Å². The number of amides is 1. The van der Waals surface area contributed by atoms with Gasteiger partial charge >= 0.3 is 6.36 Å². The SMILES string of the molecule is O=C(NCc1ccc(OC(F)(F)F)cc1)c1cc(-c2ccco2)on1. The van der Waals surface area contributed by atoms with Crippen molar-refractivity contribution in [2.75, 3.05) is 0 Å². The Morgan fingerprint density at radius 3 is 2.56 bits per heavy atom. The molecule has 2 heterocycles. The van der Waals surface area contributed by atoms with Crippen LogP contribution in [0.1, 0.15) is 16.1 Å². The Hall–Kier alpha value is -3.23. The number of alkyl halides is 3. The number of rotatable bonds is 5. The summed E-state index contributed by atoms with van der Waals surface area (Å²) in [6, 6.07) is 9.92. The van der Waals surface area contributed by atoms with Gasteiger partial charge in [0, 0.05) is 12.6 Å². The molecule has 0 aliphatic rings. The van der Waals surface area contributed by atoms with E-state index in [1.165, 1.54) is 36.6 Å². The molecule has 0 aliphatic carbocycles. The Labute approximate surface area is 139 Å². The van der Waals surface area contributed by atoms with E-state index in [0.29, 0.717) is 17.1 Å². The van der Waals surface area contributed by atoms with Crippen LogP contribution in [-0.2, 0) is 6.54 Å². The van der Waals surface area contributed by atoms with Gasteiger partial charge < -0.3 is 19.0 Å². The quantitative estimate of drug-likeness (QED) is 0.756. The summed E-state index contributed by atoms with van der Waals surface area (Å²) in [6.45, 7) is 0.105. The second-order valence-corrected chi connectivity index (χ2v) is 4.93. The fourth-order valence-electron chi connectivity index (χ4n) is 2.00. The van der Waals surface area contributed by atoms with Crippen molar-refractivity contribution in [2.45, 2.75) is 12.9 Å². The van der Waals surface area contributed by atoms with E-state index in [1.54, 1.807) is 12.1 Å². The molecule has 3 rings (SSSR count). The number of benzene rings is 1. The molecule has 2 aromatic heterocycles. The summed E-state index contributed by atoms with van der Waals surface area (Å²) in [6.07, 6.45) is -3.28. The molecular weight excluding hydrogens is 341 g/mol. The molecular formula is C16H11F3N2O4. The molecule has 0 unspecified atom stereocenters. The van der Waals surface area contributed by atoms with E-state index in [0.717, 1.165) is 0 Å². The summed E-state index contributed by atoms with van der Waals surface area (Å²) in [7, 11) is 0. The number of hydrogen-bond acceptors (Lipinski definition) is 5. The first kappa shape index (κ1) is 16.6. The summed E-state index contributed by atoms with van der Waals surface area (Å²) in [5, 5.41) is 6.23.